The van der Waals surface area contributed by atoms with Gasteiger partial charge in [0.2, 0.25) is 0 Å². The number of hydrogen-bond donors (Lipinski definition) is 0. The number of nitriles is 2. The summed E-state index contributed by atoms with van der Waals surface area (Å²) in [4.78, 5) is 0. The fourth-order valence-electron chi connectivity index (χ4n) is 2.29. The Hall–Kier alpha value is -1.28. The molecule has 0 aromatic rings. The second-order valence-corrected chi connectivity index (χ2v) is 4.94. The van der Waals surface area contributed by atoms with Crippen LogP contribution in [-0.2, 0) is 0 Å². The normalized spacial score (nSPS) is 14.6. The van der Waals surface area contributed by atoms with Crippen LogP contribution in [0.5, 0.6) is 0 Å². The molecule has 0 bridgehead atoms. The Kier molecular flexibility index (Phi) is 10.1. The predicted molar refractivity (Wildman–Crippen MR) is 75.6 cm³/mol. The Morgan fingerprint density at radius 1 is 1.17 bits per heavy atom. The molecular weight excluding hydrogens is 220 g/mol. The van der Waals surface area contributed by atoms with E-state index in [4.69, 9.17) is 10.5 Å². The topological polar surface area (TPSA) is 47.6 Å². The molecule has 0 rings (SSSR count). The van der Waals surface area contributed by atoms with Gasteiger partial charge in [-0.25, -0.2) is 0 Å². The van der Waals surface area contributed by atoms with Crippen molar-refractivity contribution >= 4 is 0 Å². The lowest BCUT2D eigenvalue weighted by Crippen LogP contribution is -2.03. The Labute approximate surface area is 112 Å². The van der Waals surface area contributed by atoms with Crippen LogP contribution in [0.4, 0.5) is 0 Å². The van der Waals surface area contributed by atoms with Gasteiger partial charge in [0.25, 0.3) is 0 Å². The lowest BCUT2D eigenvalue weighted by atomic mass is 9.89. The highest BCUT2D eigenvalue weighted by Gasteiger charge is 2.11. The molecule has 2 heteroatoms. The molecule has 0 saturated heterocycles. The summed E-state index contributed by atoms with van der Waals surface area (Å²) in [6.45, 7) is 6.38. The smallest absolute Gasteiger partial charge is 0.0697 e. The van der Waals surface area contributed by atoms with E-state index in [1.807, 2.05) is 6.92 Å². The molecule has 2 atom stereocenters. The second kappa shape index (κ2) is 10.8. The van der Waals surface area contributed by atoms with E-state index in [9.17, 15) is 0 Å². The largest absolute Gasteiger partial charge is 0.198 e. The van der Waals surface area contributed by atoms with Gasteiger partial charge in [-0.15, -0.1) is 0 Å². The minimum Gasteiger partial charge on any atom is -0.198 e. The molecule has 0 fully saturated rings. The zero-order valence-corrected chi connectivity index (χ0v) is 12.1. The van der Waals surface area contributed by atoms with Crippen LogP contribution in [0.3, 0.4) is 0 Å². The zero-order chi connectivity index (χ0) is 13.8. The molecule has 0 aliphatic heterocycles. The van der Waals surface area contributed by atoms with Crippen LogP contribution in [0.2, 0.25) is 0 Å². The summed E-state index contributed by atoms with van der Waals surface area (Å²) in [6, 6.07) is 4.63. The number of allylic oxidation sites excluding steroid dienone is 2. The van der Waals surface area contributed by atoms with E-state index in [1.54, 1.807) is 0 Å². The number of rotatable bonds is 9. The third kappa shape index (κ3) is 7.13. The molecule has 0 spiro atoms. The van der Waals surface area contributed by atoms with Crippen molar-refractivity contribution in [3.63, 3.8) is 0 Å². The molecule has 0 radical (unpaired) electrons. The van der Waals surface area contributed by atoms with Crippen LogP contribution < -0.4 is 0 Å². The summed E-state index contributed by atoms with van der Waals surface area (Å²) in [7, 11) is 0. The maximum atomic E-state index is 9.04. The van der Waals surface area contributed by atoms with Gasteiger partial charge in [0.1, 0.15) is 0 Å². The Balaban J connectivity index is 4.68. The van der Waals surface area contributed by atoms with E-state index >= 15 is 0 Å². The average Bonchev–Trinajstić information content (AvgIpc) is 2.36. The minimum atomic E-state index is 0.0379. The third-order valence-corrected chi connectivity index (χ3v) is 3.24. The minimum absolute atomic E-state index is 0.0379. The van der Waals surface area contributed by atoms with E-state index in [0.29, 0.717) is 12.3 Å². The Bertz CT molecular complexity index is 317. The maximum absolute atomic E-state index is 9.04. The molecule has 100 valence electrons. The lowest BCUT2D eigenvalue weighted by molar-refractivity contribution is 0.476. The molecule has 0 aromatic carbocycles. The summed E-state index contributed by atoms with van der Waals surface area (Å²) in [6.07, 6.45) is 9.05. The van der Waals surface area contributed by atoms with Gasteiger partial charge in [0.05, 0.1) is 18.1 Å². The van der Waals surface area contributed by atoms with E-state index in [1.165, 1.54) is 5.57 Å². The van der Waals surface area contributed by atoms with Crippen molar-refractivity contribution in [2.75, 3.05) is 0 Å². The quantitative estimate of drug-likeness (QED) is 0.538. The maximum Gasteiger partial charge on any atom is 0.0697 e. The first-order valence-electron chi connectivity index (χ1n) is 7.17. The second-order valence-electron chi connectivity index (χ2n) is 4.94. The van der Waals surface area contributed by atoms with Crippen LogP contribution in [0.1, 0.15) is 65.7 Å². The monoisotopic (exact) mass is 246 g/mol. The Morgan fingerprint density at radius 3 is 2.33 bits per heavy atom. The van der Waals surface area contributed by atoms with Crippen LogP contribution >= 0.6 is 0 Å². The van der Waals surface area contributed by atoms with Crippen molar-refractivity contribution in [2.45, 2.75) is 65.7 Å². The van der Waals surface area contributed by atoms with Gasteiger partial charge in [0, 0.05) is 6.42 Å². The van der Waals surface area contributed by atoms with Crippen molar-refractivity contribution in [1.82, 2.24) is 0 Å². The molecule has 2 nitrogen and oxygen atoms in total. The first-order valence-corrected chi connectivity index (χ1v) is 7.17. The van der Waals surface area contributed by atoms with Gasteiger partial charge < -0.3 is 0 Å². The highest BCUT2D eigenvalue weighted by Crippen LogP contribution is 2.24. The van der Waals surface area contributed by atoms with Crippen LogP contribution in [-0.4, -0.2) is 0 Å². The lowest BCUT2D eigenvalue weighted by Gasteiger charge is -2.16. The van der Waals surface area contributed by atoms with Gasteiger partial charge in [-0.05, 0) is 31.6 Å². The average molecular weight is 246 g/mol. The zero-order valence-electron chi connectivity index (χ0n) is 12.1. The molecule has 0 aliphatic rings. The molecule has 0 N–H and O–H groups in total. The fourth-order valence-corrected chi connectivity index (χ4v) is 2.29. The van der Waals surface area contributed by atoms with Gasteiger partial charge in [-0.3, -0.25) is 0 Å². The Morgan fingerprint density at radius 2 is 1.89 bits per heavy atom. The predicted octanol–water partition coefficient (Wildman–Crippen LogP) is 4.98. The third-order valence-electron chi connectivity index (χ3n) is 3.24. The first-order chi connectivity index (χ1) is 8.71. The van der Waals surface area contributed by atoms with Crippen molar-refractivity contribution < 1.29 is 0 Å². The van der Waals surface area contributed by atoms with Crippen LogP contribution in [0, 0.1) is 34.5 Å². The van der Waals surface area contributed by atoms with Crippen molar-refractivity contribution in [2.24, 2.45) is 11.8 Å². The number of hydrogen-bond acceptors (Lipinski definition) is 2. The van der Waals surface area contributed by atoms with Crippen LogP contribution in [0.25, 0.3) is 0 Å². The van der Waals surface area contributed by atoms with Crippen molar-refractivity contribution in [1.29, 1.82) is 10.5 Å². The molecule has 0 aliphatic carbocycles. The summed E-state index contributed by atoms with van der Waals surface area (Å²) in [5, 5.41) is 17.9. The molecule has 0 aromatic heterocycles. The SMILES string of the molecule is CCC/C(=C\C(C#N)CC)CC(CC#N)CCC. The number of nitrogens with zero attached hydrogens (tertiary/aromatic N) is 2. The van der Waals surface area contributed by atoms with E-state index < -0.39 is 0 Å². The summed E-state index contributed by atoms with van der Waals surface area (Å²) >= 11 is 0. The van der Waals surface area contributed by atoms with E-state index in [2.05, 4.69) is 32.1 Å². The summed E-state index contributed by atoms with van der Waals surface area (Å²) in [5.41, 5.74) is 1.37. The van der Waals surface area contributed by atoms with Crippen molar-refractivity contribution in [3.05, 3.63) is 11.6 Å². The molecule has 0 heterocycles. The summed E-state index contributed by atoms with van der Waals surface area (Å²) < 4.78 is 0. The molecular formula is C16H26N2. The van der Waals surface area contributed by atoms with Crippen molar-refractivity contribution in [3.8, 4) is 12.1 Å². The van der Waals surface area contributed by atoms with Crippen LogP contribution in [0.15, 0.2) is 11.6 Å². The molecule has 0 saturated carbocycles. The standard InChI is InChI=1S/C16H26N2/c1-4-7-15(9-10-17)12-16(8-5-2)11-14(6-3)13-18/h11,14-15H,4-9,12H2,1-3H3/b16-11+. The highest BCUT2D eigenvalue weighted by atomic mass is 14.3. The van der Waals surface area contributed by atoms with E-state index in [0.717, 1.165) is 38.5 Å². The fraction of sp³-hybridized carbons (Fsp3) is 0.750. The highest BCUT2D eigenvalue weighted by molar-refractivity contribution is 5.10. The molecule has 2 unspecified atom stereocenters. The summed E-state index contributed by atoms with van der Waals surface area (Å²) in [5.74, 6) is 0.505. The first kappa shape index (κ1) is 16.7. The van der Waals surface area contributed by atoms with Gasteiger partial charge in [-0.2, -0.15) is 10.5 Å². The van der Waals surface area contributed by atoms with E-state index in [-0.39, 0.29) is 5.92 Å². The molecule has 0 amide bonds. The van der Waals surface area contributed by atoms with Gasteiger partial charge >= 0.3 is 0 Å². The van der Waals surface area contributed by atoms with Gasteiger partial charge in [0.15, 0.2) is 0 Å². The van der Waals surface area contributed by atoms with Gasteiger partial charge in [-0.1, -0.05) is 45.3 Å². The molecule has 18 heavy (non-hydrogen) atoms.